The quantitative estimate of drug-likeness (QED) is 0.332. The molecule has 0 radical (unpaired) electrons. The van der Waals surface area contributed by atoms with Crippen LogP contribution >= 0.6 is 35.3 Å². The maximum Gasteiger partial charge on any atom is 0.191 e. The number of aryl methyl sites for hydroxylation is 1. The van der Waals surface area contributed by atoms with E-state index in [-0.39, 0.29) is 24.0 Å². The minimum absolute atomic E-state index is 0. The Hall–Kier alpha value is -1.19. The molecule has 3 rings (SSSR count). The Morgan fingerprint density at radius 3 is 2.41 bits per heavy atom. The Labute approximate surface area is 196 Å². The van der Waals surface area contributed by atoms with Crippen molar-refractivity contribution < 1.29 is 0 Å². The number of benzene rings is 1. The highest BCUT2D eigenvalue weighted by molar-refractivity contribution is 14.0. The second kappa shape index (κ2) is 11.9. The average molecular weight is 528 g/mol. The number of hydrogen-bond acceptors (Lipinski definition) is 4. The first-order chi connectivity index (χ1) is 13.5. The van der Waals surface area contributed by atoms with Crippen LogP contribution in [0.3, 0.4) is 0 Å². The van der Waals surface area contributed by atoms with E-state index >= 15 is 0 Å². The third-order valence-electron chi connectivity index (χ3n) is 5.20. The highest BCUT2D eigenvalue weighted by atomic mass is 127. The lowest BCUT2D eigenvalue weighted by Gasteiger charge is -2.35. The van der Waals surface area contributed by atoms with Crippen LogP contribution in [0.2, 0.25) is 0 Å². The molecule has 2 aromatic rings. The number of rotatable bonds is 6. The van der Waals surface area contributed by atoms with E-state index in [4.69, 9.17) is 0 Å². The van der Waals surface area contributed by atoms with Crippen LogP contribution in [0.15, 0.2) is 35.5 Å². The van der Waals surface area contributed by atoms with Crippen molar-refractivity contribution in [1.82, 2.24) is 20.5 Å². The van der Waals surface area contributed by atoms with E-state index < -0.39 is 0 Å². The molecule has 2 unspecified atom stereocenters. The third kappa shape index (κ3) is 7.53. The van der Waals surface area contributed by atoms with E-state index in [0.29, 0.717) is 6.54 Å². The van der Waals surface area contributed by atoms with E-state index in [1.807, 2.05) is 13.2 Å². The van der Waals surface area contributed by atoms with Crippen LogP contribution in [-0.2, 0) is 19.6 Å². The second-order valence-electron chi connectivity index (χ2n) is 8.05. The van der Waals surface area contributed by atoms with Gasteiger partial charge in [0.05, 0.1) is 6.54 Å². The molecule has 0 spiro atoms. The van der Waals surface area contributed by atoms with Crippen molar-refractivity contribution in [3.05, 3.63) is 51.5 Å². The highest BCUT2D eigenvalue weighted by Gasteiger charge is 2.22. The summed E-state index contributed by atoms with van der Waals surface area (Å²) in [6, 6.07) is 8.75. The number of aliphatic imine (C=N–C) groups is 1. The predicted molar refractivity (Wildman–Crippen MR) is 134 cm³/mol. The van der Waals surface area contributed by atoms with Gasteiger partial charge in [-0.2, -0.15) is 0 Å². The zero-order valence-corrected chi connectivity index (χ0v) is 21.1. The van der Waals surface area contributed by atoms with Gasteiger partial charge in [-0.3, -0.25) is 9.89 Å². The van der Waals surface area contributed by atoms with Crippen molar-refractivity contribution >= 4 is 41.3 Å². The Balaban J connectivity index is 0.00000300. The van der Waals surface area contributed by atoms with Crippen molar-refractivity contribution in [3.63, 3.8) is 0 Å². The molecule has 1 aliphatic rings. The summed E-state index contributed by atoms with van der Waals surface area (Å²) in [4.78, 5) is 12.6. The topological polar surface area (TPSA) is 52.6 Å². The van der Waals surface area contributed by atoms with Gasteiger partial charge >= 0.3 is 0 Å². The van der Waals surface area contributed by atoms with Crippen LogP contribution in [0, 0.1) is 18.8 Å². The number of nitrogens with zero attached hydrogens (tertiary/aromatic N) is 3. The Morgan fingerprint density at radius 1 is 1.14 bits per heavy atom. The first-order valence-electron chi connectivity index (χ1n) is 10.2. The number of nitrogens with one attached hydrogen (secondary N) is 2. The molecule has 0 saturated carbocycles. The molecule has 29 heavy (non-hydrogen) atoms. The van der Waals surface area contributed by atoms with E-state index in [9.17, 15) is 0 Å². The Morgan fingerprint density at radius 2 is 1.79 bits per heavy atom. The number of guanidine groups is 1. The maximum atomic E-state index is 4.40. The molecule has 1 aromatic heterocycles. The summed E-state index contributed by atoms with van der Waals surface area (Å²) in [7, 11) is 1.81. The molecule has 1 aromatic carbocycles. The number of halogens is 1. The lowest BCUT2D eigenvalue weighted by molar-refractivity contribution is 0.134. The molecule has 1 aliphatic heterocycles. The van der Waals surface area contributed by atoms with Crippen LogP contribution in [0.1, 0.15) is 41.3 Å². The van der Waals surface area contributed by atoms with Crippen molar-refractivity contribution in [2.75, 3.05) is 20.1 Å². The van der Waals surface area contributed by atoms with Gasteiger partial charge in [-0.05, 0) is 36.3 Å². The number of piperidine rings is 1. The average Bonchev–Trinajstić information content (AvgIpc) is 3.07. The van der Waals surface area contributed by atoms with E-state index in [0.717, 1.165) is 35.9 Å². The molecule has 2 N–H and O–H groups in total. The lowest BCUT2D eigenvalue weighted by atomic mass is 9.91. The van der Waals surface area contributed by atoms with Crippen molar-refractivity contribution in [3.8, 4) is 0 Å². The summed E-state index contributed by atoms with van der Waals surface area (Å²) in [5.74, 6) is 2.38. The van der Waals surface area contributed by atoms with E-state index in [2.05, 4.69) is 70.5 Å². The van der Waals surface area contributed by atoms with Crippen LogP contribution in [0.25, 0.3) is 0 Å². The fraction of sp³-hybridized carbons (Fsp3) is 0.545. The monoisotopic (exact) mass is 527 g/mol. The molecular weight excluding hydrogens is 493 g/mol. The third-order valence-corrected chi connectivity index (χ3v) is 6.12. The van der Waals surface area contributed by atoms with Gasteiger partial charge in [0.2, 0.25) is 0 Å². The molecule has 5 nitrogen and oxygen atoms in total. The Bertz CT molecular complexity index is 781. The number of likely N-dealkylation sites (tertiary alicyclic amines) is 1. The minimum Gasteiger partial charge on any atom is -0.352 e. The molecule has 7 heteroatoms. The molecule has 0 aliphatic carbocycles. The van der Waals surface area contributed by atoms with Gasteiger partial charge in [-0.1, -0.05) is 38.1 Å². The molecule has 1 fully saturated rings. The van der Waals surface area contributed by atoms with Gasteiger partial charge in [0, 0.05) is 44.3 Å². The second-order valence-corrected chi connectivity index (χ2v) is 9.37. The Kier molecular flexibility index (Phi) is 9.85. The van der Waals surface area contributed by atoms with Gasteiger partial charge in [0.1, 0.15) is 5.01 Å². The van der Waals surface area contributed by atoms with Crippen LogP contribution in [0.5, 0.6) is 0 Å². The van der Waals surface area contributed by atoms with Crippen molar-refractivity contribution in [2.45, 2.75) is 46.8 Å². The fourth-order valence-electron chi connectivity index (χ4n) is 4.09. The smallest absolute Gasteiger partial charge is 0.191 e. The first kappa shape index (κ1) is 24.1. The van der Waals surface area contributed by atoms with E-state index in [1.54, 1.807) is 11.3 Å². The van der Waals surface area contributed by atoms with Crippen LogP contribution in [-0.4, -0.2) is 36.0 Å². The van der Waals surface area contributed by atoms with Crippen molar-refractivity contribution in [1.29, 1.82) is 0 Å². The molecule has 1 saturated heterocycles. The van der Waals surface area contributed by atoms with Gasteiger partial charge < -0.3 is 10.6 Å². The first-order valence-corrected chi connectivity index (χ1v) is 11.0. The number of thiazole rings is 1. The van der Waals surface area contributed by atoms with Crippen LogP contribution in [0.4, 0.5) is 0 Å². The molecule has 2 heterocycles. The SMILES string of the molecule is CN=C(NCc1ncc(C)s1)NCc1ccccc1CN1CC(C)CC(C)C1.I. The normalized spacial score (nSPS) is 20.2. The van der Waals surface area contributed by atoms with Gasteiger partial charge in [0.25, 0.3) is 0 Å². The van der Waals surface area contributed by atoms with Gasteiger partial charge in [-0.25, -0.2) is 4.98 Å². The molecule has 2 atom stereocenters. The van der Waals surface area contributed by atoms with Crippen LogP contribution < -0.4 is 10.6 Å². The number of aromatic nitrogens is 1. The zero-order chi connectivity index (χ0) is 19.9. The maximum absolute atomic E-state index is 4.40. The molecule has 0 bridgehead atoms. The summed E-state index contributed by atoms with van der Waals surface area (Å²) >= 11 is 1.71. The molecule has 0 amide bonds. The summed E-state index contributed by atoms with van der Waals surface area (Å²) in [6.45, 7) is 11.7. The predicted octanol–water partition coefficient (Wildman–Crippen LogP) is 4.41. The van der Waals surface area contributed by atoms with E-state index in [1.165, 1.54) is 35.5 Å². The fourth-order valence-corrected chi connectivity index (χ4v) is 4.82. The minimum atomic E-state index is 0. The number of hydrogen-bond donors (Lipinski definition) is 2. The lowest BCUT2D eigenvalue weighted by Crippen LogP contribution is -2.39. The summed E-state index contributed by atoms with van der Waals surface area (Å²) < 4.78 is 0. The molecular formula is C22H34IN5S. The summed E-state index contributed by atoms with van der Waals surface area (Å²) in [5.41, 5.74) is 2.74. The van der Waals surface area contributed by atoms with Gasteiger partial charge in [-0.15, -0.1) is 35.3 Å². The summed E-state index contributed by atoms with van der Waals surface area (Å²) in [5, 5.41) is 7.89. The highest BCUT2D eigenvalue weighted by Crippen LogP contribution is 2.23. The summed E-state index contributed by atoms with van der Waals surface area (Å²) in [6.07, 6.45) is 3.26. The largest absolute Gasteiger partial charge is 0.352 e. The standard InChI is InChI=1S/C22H33N5S.HI/c1-16-9-17(2)14-27(13-16)15-20-8-6-5-7-19(20)11-25-22(23-4)26-12-21-24-10-18(3)28-21;/h5-8,10,16-17H,9,11-15H2,1-4H3,(H2,23,25,26);1H. The molecule has 160 valence electrons. The van der Waals surface area contributed by atoms with Crippen molar-refractivity contribution in [2.24, 2.45) is 16.8 Å². The zero-order valence-electron chi connectivity index (χ0n) is 17.9. The van der Waals surface area contributed by atoms with Gasteiger partial charge in [0.15, 0.2) is 5.96 Å².